The van der Waals surface area contributed by atoms with Gasteiger partial charge in [-0.1, -0.05) is 0 Å². The van der Waals surface area contributed by atoms with Gasteiger partial charge in [0.25, 0.3) is 0 Å². The molecule has 0 radical (unpaired) electrons. The van der Waals surface area contributed by atoms with Gasteiger partial charge < -0.3 is 14.7 Å². The van der Waals surface area contributed by atoms with Crippen molar-refractivity contribution in [3.63, 3.8) is 0 Å². The quantitative estimate of drug-likeness (QED) is 0.786. The average Bonchev–Trinajstić information content (AvgIpc) is 2.62. The minimum Gasteiger partial charge on any atom is -0.389 e. The number of hydrogen-bond donors (Lipinski definition) is 1. The summed E-state index contributed by atoms with van der Waals surface area (Å²) in [6.45, 7) is 6.95. The van der Waals surface area contributed by atoms with E-state index >= 15 is 0 Å². The predicted molar refractivity (Wildman–Crippen MR) is 94.9 cm³/mol. The zero-order valence-corrected chi connectivity index (χ0v) is 15.1. The van der Waals surface area contributed by atoms with Crippen LogP contribution in [0.1, 0.15) is 31.7 Å². The summed E-state index contributed by atoms with van der Waals surface area (Å²) in [5.41, 5.74) is 0.617. The first-order valence-electron chi connectivity index (χ1n) is 9.30. The second kappa shape index (κ2) is 8.25. The van der Waals surface area contributed by atoms with E-state index in [1.165, 1.54) is 5.56 Å². The Morgan fingerprint density at radius 2 is 2.08 bits per heavy atom. The highest BCUT2D eigenvalue weighted by Crippen LogP contribution is 2.36. The number of aromatic nitrogens is 1. The number of ether oxygens (including phenoxy) is 1. The third-order valence-corrected chi connectivity index (χ3v) is 5.53. The lowest BCUT2D eigenvalue weighted by molar-refractivity contribution is -0.148. The summed E-state index contributed by atoms with van der Waals surface area (Å²) in [5, 5.41) is 11.0. The molecule has 3 rings (SSSR count). The summed E-state index contributed by atoms with van der Waals surface area (Å²) in [5.74, 6) is 0.259. The van der Waals surface area contributed by atoms with Crippen LogP contribution in [0, 0.1) is 5.92 Å². The first-order chi connectivity index (χ1) is 12.1. The molecule has 0 saturated carbocycles. The smallest absolute Gasteiger partial charge is 0.224 e. The number of rotatable bonds is 6. The van der Waals surface area contributed by atoms with Crippen LogP contribution < -0.4 is 0 Å². The van der Waals surface area contributed by atoms with E-state index in [9.17, 15) is 9.90 Å². The van der Waals surface area contributed by atoms with Crippen LogP contribution in [0.25, 0.3) is 0 Å². The molecule has 2 aliphatic rings. The van der Waals surface area contributed by atoms with Gasteiger partial charge in [-0.3, -0.25) is 14.7 Å². The van der Waals surface area contributed by atoms with Crippen LogP contribution in [0.4, 0.5) is 0 Å². The second-order valence-corrected chi connectivity index (χ2v) is 7.18. The SMILES string of the molecule is CCOCCC(=O)N1CC[C@@]2(O)CCN(Cc3ccncc3)C[C@H]2C1. The van der Waals surface area contributed by atoms with Crippen molar-refractivity contribution in [1.29, 1.82) is 0 Å². The fourth-order valence-electron chi connectivity index (χ4n) is 3.95. The first-order valence-corrected chi connectivity index (χ1v) is 9.30. The fraction of sp³-hybridized carbons (Fsp3) is 0.684. The van der Waals surface area contributed by atoms with Gasteiger partial charge in [0.15, 0.2) is 0 Å². The Kier molecular flexibility index (Phi) is 6.04. The molecule has 1 aromatic heterocycles. The van der Waals surface area contributed by atoms with Gasteiger partial charge in [0.05, 0.1) is 18.6 Å². The molecule has 0 bridgehead atoms. The molecule has 2 atom stereocenters. The Hall–Kier alpha value is -1.50. The lowest BCUT2D eigenvalue weighted by atomic mass is 9.75. The van der Waals surface area contributed by atoms with E-state index in [0.717, 1.165) is 26.1 Å². The van der Waals surface area contributed by atoms with E-state index in [1.54, 1.807) is 0 Å². The van der Waals surface area contributed by atoms with Crippen LogP contribution in [0.15, 0.2) is 24.5 Å². The minimum atomic E-state index is -0.620. The molecule has 1 amide bonds. The Labute approximate surface area is 149 Å². The molecule has 138 valence electrons. The number of likely N-dealkylation sites (tertiary alicyclic amines) is 2. The number of pyridine rings is 1. The van der Waals surface area contributed by atoms with E-state index in [1.807, 2.05) is 36.4 Å². The highest BCUT2D eigenvalue weighted by Gasteiger charge is 2.45. The molecule has 0 spiro atoms. The third kappa shape index (κ3) is 4.57. The number of aliphatic hydroxyl groups is 1. The molecular formula is C19H29N3O3. The van der Waals surface area contributed by atoms with Crippen molar-refractivity contribution in [3.05, 3.63) is 30.1 Å². The van der Waals surface area contributed by atoms with Crippen molar-refractivity contribution in [2.75, 3.05) is 39.4 Å². The van der Waals surface area contributed by atoms with Crippen molar-refractivity contribution < 1.29 is 14.6 Å². The van der Waals surface area contributed by atoms with E-state index < -0.39 is 5.60 Å². The van der Waals surface area contributed by atoms with E-state index in [4.69, 9.17) is 4.74 Å². The zero-order chi connectivity index (χ0) is 17.7. The highest BCUT2D eigenvalue weighted by atomic mass is 16.5. The van der Waals surface area contributed by atoms with E-state index in [0.29, 0.717) is 39.1 Å². The Balaban J connectivity index is 1.57. The lowest BCUT2D eigenvalue weighted by Crippen LogP contribution is -2.60. The van der Waals surface area contributed by atoms with Gasteiger partial charge in [-0.05, 0) is 37.5 Å². The summed E-state index contributed by atoms with van der Waals surface area (Å²) < 4.78 is 5.29. The number of piperidine rings is 2. The number of carbonyl (C=O) groups excluding carboxylic acids is 1. The van der Waals surface area contributed by atoms with E-state index in [-0.39, 0.29) is 11.8 Å². The van der Waals surface area contributed by atoms with Crippen LogP contribution in [0.3, 0.4) is 0 Å². The van der Waals surface area contributed by atoms with Gasteiger partial charge in [0.1, 0.15) is 0 Å². The lowest BCUT2D eigenvalue weighted by Gasteiger charge is -2.50. The molecule has 0 aromatic carbocycles. The molecule has 3 heterocycles. The number of amides is 1. The van der Waals surface area contributed by atoms with Crippen LogP contribution in [-0.2, 0) is 16.1 Å². The molecule has 1 N–H and O–H groups in total. The Morgan fingerprint density at radius 3 is 2.84 bits per heavy atom. The molecular weight excluding hydrogens is 318 g/mol. The highest BCUT2D eigenvalue weighted by molar-refractivity contribution is 5.76. The summed E-state index contributed by atoms with van der Waals surface area (Å²) in [4.78, 5) is 20.7. The molecule has 1 aromatic rings. The Morgan fingerprint density at radius 1 is 1.32 bits per heavy atom. The summed E-state index contributed by atoms with van der Waals surface area (Å²) >= 11 is 0. The van der Waals surface area contributed by atoms with Gasteiger partial charge in [0, 0.05) is 57.6 Å². The number of hydrogen-bond acceptors (Lipinski definition) is 5. The zero-order valence-electron chi connectivity index (χ0n) is 15.1. The number of nitrogens with zero attached hydrogens (tertiary/aromatic N) is 3. The van der Waals surface area contributed by atoms with Crippen molar-refractivity contribution >= 4 is 5.91 Å². The van der Waals surface area contributed by atoms with Crippen LogP contribution >= 0.6 is 0 Å². The van der Waals surface area contributed by atoms with Crippen molar-refractivity contribution in [2.45, 2.75) is 38.3 Å². The maximum absolute atomic E-state index is 12.4. The molecule has 0 unspecified atom stereocenters. The largest absolute Gasteiger partial charge is 0.389 e. The number of fused-ring (bicyclic) bond motifs is 1. The van der Waals surface area contributed by atoms with Gasteiger partial charge in [-0.15, -0.1) is 0 Å². The normalized spacial score (nSPS) is 27.1. The third-order valence-electron chi connectivity index (χ3n) is 5.53. The second-order valence-electron chi connectivity index (χ2n) is 7.18. The summed E-state index contributed by atoms with van der Waals surface area (Å²) in [6.07, 6.45) is 5.52. The van der Waals surface area contributed by atoms with Crippen LogP contribution in [0.2, 0.25) is 0 Å². The van der Waals surface area contributed by atoms with Gasteiger partial charge in [-0.25, -0.2) is 0 Å². The molecule has 2 fully saturated rings. The summed E-state index contributed by atoms with van der Waals surface area (Å²) in [6, 6.07) is 4.07. The van der Waals surface area contributed by atoms with Gasteiger partial charge in [0.2, 0.25) is 5.91 Å². The summed E-state index contributed by atoms with van der Waals surface area (Å²) in [7, 11) is 0. The predicted octanol–water partition coefficient (Wildman–Crippen LogP) is 1.29. The maximum Gasteiger partial charge on any atom is 0.224 e. The molecule has 6 heteroatoms. The Bertz CT molecular complexity index is 568. The molecule has 0 aliphatic carbocycles. The fourth-order valence-corrected chi connectivity index (χ4v) is 3.95. The van der Waals surface area contributed by atoms with Gasteiger partial charge in [-0.2, -0.15) is 0 Å². The monoisotopic (exact) mass is 347 g/mol. The topological polar surface area (TPSA) is 65.9 Å². The van der Waals surface area contributed by atoms with Gasteiger partial charge >= 0.3 is 0 Å². The van der Waals surface area contributed by atoms with Crippen molar-refractivity contribution in [1.82, 2.24) is 14.8 Å². The van der Waals surface area contributed by atoms with Crippen molar-refractivity contribution in [2.24, 2.45) is 5.92 Å². The first kappa shape index (κ1) is 18.3. The molecule has 2 aliphatic heterocycles. The van der Waals surface area contributed by atoms with E-state index in [2.05, 4.69) is 9.88 Å². The van der Waals surface area contributed by atoms with Crippen LogP contribution in [-0.4, -0.2) is 70.8 Å². The molecule has 25 heavy (non-hydrogen) atoms. The average molecular weight is 347 g/mol. The molecule has 6 nitrogen and oxygen atoms in total. The van der Waals surface area contributed by atoms with Crippen molar-refractivity contribution in [3.8, 4) is 0 Å². The maximum atomic E-state index is 12.4. The number of carbonyl (C=O) groups is 1. The van der Waals surface area contributed by atoms with Crippen LogP contribution in [0.5, 0.6) is 0 Å². The molecule has 2 saturated heterocycles. The standard InChI is InChI=1S/C19H29N3O3/c1-2-25-12-5-18(23)22-11-7-19(24)6-10-21(14-17(19)15-22)13-16-3-8-20-9-4-16/h3-4,8-9,17,24H,2,5-7,10-15H2,1H3/t17-,19-/m0/s1. The minimum absolute atomic E-state index is 0.118.